The van der Waals surface area contributed by atoms with Crippen molar-refractivity contribution < 1.29 is 4.74 Å². The van der Waals surface area contributed by atoms with Gasteiger partial charge >= 0.3 is 0 Å². The number of ether oxygens (including phenoxy) is 1. The second kappa shape index (κ2) is 9.49. The average molecular weight is 255 g/mol. The van der Waals surface area contributed by atoms with Gasteiger partial charge in [-0.05, 0) is 37.2 Å². The van der Waals surface area contributed by atoms with Crippen LogP contribution < -0.4 is 0 Å². The van der Waals surface area contributed by atoms with E-state index in [1.807, 2.05) is 0 Å². The van der Waals surface area contributed by atoms with Crippen molar-refractivity contribution in [3.63, 3.8) is 0 Å². The van der Waals surface area contributed by atoms with E-state index >= 15 is 0 Å². The molecule has 0 spiro atoms. The van der Waals surface area contributed by atoms with Crippen LogP contribution in [0.1, 0.15) is 31.7 Å². The van der Waals surface area contributed by atoms with Crippen molar-refractivity contribution >= 4 is 11.6 Å². The first kappa shape index (κ1) is 14.5. The number of hydrogen-bond donors (Lipinski definition) is 0. The molecule has 1 unspecified atom stereocenters. The molecule has 0 saturated heterocycles. The summed E-state index contributed by atoms with van der Waals surface area (Å²) in [6, 6.07) is 10.6. The van der Waals surface area contributed by atoms with Gasteiger partial charge in [-0.3, -0.25) is 0 Å². The van der Waals surface area contributed by atoms with Crippen LogP contribution in [0.5, 0.6) is 0 Å². The van der Waals surface area contributed by atoms with Crippen molar-refractivity contribution in [1.29, 1.82) is 0 Å². The molecule has 2 heteroatoms. The van der Waals surface area contributed by atoms with Crippen LogP contribution in [-0.2, 0) is 11.2 Å². The highest BCUT2D eigenvalue weighted by Crippen LogP contribution is 2.08. The predicted molar refractivity (Wildman–Crippen MR) is 74.7 cm³/mol. The Morgan fingerprint density at radius 1 is 1.12 bits per heavy atom. The standard InChI is InChI=1S/C15H23ClO/c1-14(9-11-16)10-13-17-12-5-8-15-6-3-2-4-7-15/h2-4,6-7,14H,5,8-13H2,1H3. The fourth-order valence-corrected chi connectivity index (χ4v) is 2.11. The van der Waals surface area contributed by atoms with Gasteiger partial charge < -0.3 is 4.74 Å². The van der Waals surface area contributed by atoms with Gasteiger partial charge in [0, 0.05) is 19.1 Å². The molecular formula is C15H23ClO. The van der Waals surface area contributed by atoms with E-state index in [9.17, 15) is 0 Å². The maximum atomic E-state index is 5.69. The van der Waals surface area contributed by atoms with E-state index in [1.165, 1.54) is 5.56 Å². The second-order valence-corrected chi connectivity index (χ2v) is 4.95. The number of alkyl halides is 1. The maximum Gasteiger partial charge on any atom is 0.0469 e. The lowest BCUT2D eigenvalue weighted by atomic mass is 10.1. The van der Waals surface area contributed by atoms with Crippen molar-refractivity contribution in [3.05, 3.63) is 35.9 Å². The van der Waals surface area contributed by atoms with Gasteiger partial charge in [-0.25, -0.2) is 0 Å². The summed E-state index contributed by atoms with van der Waals surface area (Å²) in [5.41, 5.74) is 1.40. The number of benzene rings is 1. The lowest BCUT2D eigenvalue weighted by Crippen LogP contribution is -2.04. The normalized spacial score (nSPS) is 12.6. The molecule has 0 aliphatic carbocycles. The third kappa shape index (κ3) is 7.40. The fourth-order valence-electron chi connectivity index (χ4n) is 1.74. The minimum atomic E-state index is 0.682. The Kier molecular flexibility index (Phi) is 8.12. The zero-order valence-corrected chi connectivity index (χ0v) is 11.5. The Morgan fingerprint density at radius 3 is 2.59 bits per heavy atom. The predicted octanol–water partition coefficient (Wildman–Crippen LogP) is 4.29. The van der Waals surface area contributed by atoms with Gasteiger partial charge in [0.25, 0.3) is 0 Å². The van der Waals surface area contributed by atoms with Crippen LogP contribution in [0.4, 0.5) is 0 Å². The van der Waals surface area contributed by atoms with E-state index in [-0.39, 0.29) is 0 Å². The summed E-state index contributed by atoms with van der Waals surface area (Å²) in [4.78, 5) is 0. The molecule has 1 aromatic rings. The molecule has 0 heterocycles. The van der Waals surface area contributed by atoms with Crippen LogP contribution in [0.2, 0.25) is 0 Å². The van der Waals surface area contributed by atoms with Gasteiger partial charge in [-0.15, -0.1) is 11.6 Å². The van der Waals surface area contributed by atoms with Crippen molar-refractivity contribution in [2.45, 2.75) is 32.6 Å². The van der Waals surface area contributed by atoms with Gasteiger partial charge in [-0.1, -0.05) is 37.3 Å². The zero-order valence-electron chi connectivity index (χ0n) is 10.7. The van der Waals surface area contributed by atoms with Crippen molar-refractivity contribution in [1.82, 2.24) is 0 Å². The summed E-state index contributed by atoms with van der Waals surface area (Å²) in [6.07, 6.45) is 4.43. The summed E-state index contributed by atoms with van der Waals surface area (Å²) in [5, 5.41) is 0. The molecule has 0 aliphatic rings. The van der Waals surface area contributed by atoms with E-state index in [2.05, 4.69) is 37.3 Å². The first-order valence-corrected chi connectivity index (χ1v) is 7.04. The highest BCUT2D eigenvalue weighted by molar-refractivity contribution is 6.17. The Bertz CT molecular complexity index is 274. The Balaban J connectivity index is 1.95. The average Bonchev–Trinajstić information content (AvgIpc) is 2.35. The summed E-state index contributed by atoms with van der Waals surface area (Å²) in [5.74, 6) is 1.44. The lowest BCUT2D eigenvalue weighted by molar-refractivity contribution is 0.119. The summed E-state index contributed by atoms with van der Waals surface area (Å²) < 4.78 is 5.63. The van der Waals surface area contributed by atoms with Gasteiger partial charge in [0.1, 0.15) is 0 Å². The fraction of sp³-hybridized carbons (Fsp3) is 0.600. The molecule has 0 amide bonds. The molecule has 0 radical (unpaired) electrons. The van der Waals surface area contributed by atoms with E-state index in [0.717, 1.165) is 44.8 Å². The van der Waals surface area contributed by atoms with Crippen LogP contribution in [-0.4, -0.2) is 19.1 Å². The molecule has 0 fully saturated rings. The highest BCUT2D eigenvalue weighted by atomic mass is 35.5. The van der Waals surface area contributed by atoms with E-state index in [1.54, 1.807) is 0 Å². The van der Waals surface area contributed by atoms with Crippen LogP contribution >= 0.6 is 11.6 Å². The third-order valence-corrected chi connectivity index (χ3v) is 3.17. The molecule has 17 heavy (non-hydrogen) atoms. The van der Waals surface area contributed by atoms with Crippen molar-refractivity contribution in [2.75, 3.05) is 19.1 Å². The first-order valence-electron chi connectivity index (χ1n) is 6.50. The molecule has 1 atom stereocenters. The van der Waals surface area contributed by atoms with Gasteiger partial charge in [0.15, 0.2) is 0 Å². The quantitative estimate of drug-likeness (QED) is 0.472. The van der Waals surface area contributed by atoms with Crippen molar-refractivity contribution in [3.8, 4) is 0 Å². The van der Waals surface area contributed by atoms with Crippen LogP contribution in [0, 0.1) is 5.92 Å². The van der Waals surface area contributed by atoms with E-state index < -0.39 is 0 Å². The van der Waals surface area contributed by atoms with Crippen LogP contribution in [0.3, 0.4) is 0 Å². The monoisotopic (exact) mass is 254 g/mol. The zero-order chi connectivity index (χ0) is 12.3. The minimum Gasteiger partial charge on any atom is -0.381 e. The highest BCUT2D eigenvalue weighted by Gasteiger charge is 2.00. The molecule has 1 aromatic carbocycles. The third-order valence-electron chi connectivity index (χ3n) is 2.95. The molecule has 0 saturated carbocycles. The molecule has 0 bridgehead atoms. The van der Waals surface area contributed by atoms with Gasteiger partial charge in [0.2, 0.25) is 0 Å². The SMILES string of the molecule is CC(CCCl)CCOCCCc1ccccc1. The number of hydrogen-bond acceptors (Lipinski definition) is 1. The number of rotatable bonds is 9. The lowest BCUT2D eigenvalue weighted by Gasteiger charge is -2.09. The minimum absolute atomic E-state index is 0.682. The van der Waals surface area contributed by atoms with Crippen LogP contribution in [0.15, 0.2) is 30.3 Å². The Hall–Kier alpha value is -0.530. The molecule has 1 rings (SSSR count). The Morgan fingerprint density at radius 2 is 1.88 bits per heavy atom. The molecule has 1 nitrogen and oxygen atoms in total. The van der Waals surface area contributed by atoms with E-state index in [4.69, 9.17) is 16.3 Å². The van der Waals surface area contributed by atoms with Gasteiger partial charge in [-0.2, -0.15) is 0 Å². The summed E-state index contributed by atoms with van der Waals surface area (Å²) in [7, 11) is 0. The molecular weight excluding hydrogens is 232 g/mol. The summed E-state index contributed by atoms with van der Waals surface area (Å²) in [6.45, 7) is 3.96. The molecule has 0 N–H and O–H groups in total. The topological polar surface area (TPSA) is 9.23 Å². The Labute approximate surface area is 110 Å². The number of halogens is 1. The molecule has 0 aromatic heterocycles. The smallest absolute Gasteiger partial charge is 0.0469 e. The van der Waals surface area contributed by atoms with Crippen LogP contribution in [0.25, 0.3) is 0 Å². The van der Waals surface area contributed by atoms with Gasteiger partial charge in [0.05, 0.1) is 0 Å². The molecule has 0 aliphatic heterocycles. The largest absolute Gasteiger partial charge is 0.381 e. The van der Waals surface area contributed by atoms with E-state index in [0.29, 0.717) is 5.92 Å². The first-order chi connectivity index (χ1) is 8.33. The van der Waals surface area contributed by atoms with Crippen molar-refractivity contribution in [2.24, 2.45) is 5.92 Å². The maximum absolute atomic E-state index is 5.69. The second-order valence-electron chi connectivity index (χ2n) is 4.57. The molecule has 96 valence electrons. The number of aryl methyl sites for hydroxylation is 1. The summed E-state index contributed by atoms with van der Waals surface area (Å²) >= 11 is 5.69.